The molecule has 0 fully saturated rings. The molecule has 0 atom stereocenters. The van der Waals surface area contributed by atoms with Crippen molar-refractivity contribution in [2.45, 2.75) is 39.5 Å². The molecule has 1 aromatic carbocycles. The molecular weight excluding hydrogens is 348 g/mol. The molecule has 1 aliphatic carbocycles. The normalized spacial score (nSPS) is 12.8. The van der Waals surface area contributed by atoms with E-state index in [1.54, 1.807) is 13.8 Å². The van der Waals surface area contributed by atoms with E-state index in [2.05, 4.69) is 11.4 Å². The minimum Gasteiger partial charge on any atom is -0.462 e. The first-order valence-corrected chi connectivity index (χ1v) is 9.50. The van der Waals surface area contributed by atoms with Gasteiger partial charge in [-0.2, -0.15) is 5.26 Å². The quantitative estimate of drug-likeness (QED) is 0.819. The molecule has 1 aromatic heterocycles. The molecule has 0 radical (unpaired) electrons. The third kappa shape index (κ3) is 3.49. The first-order chi connectivity index (χ1) is 12.5. The first-order valence-electron chi connectivity index (χ1n) is 8.69. The van der Waals surface area contributed by atoms with E-state index in [1.165, 1.54) is 17.5 Å². The summed E-state index contributed by atoms with van der Waals surface area (Å²) >= 11 is 1.08. The molecule has 5 nitrogen and oxygen atoms in total. The highest BCUT2D eigenvalue weighted by Crippen LogP contribution is 2.33. The fourth-order valence-corrected chi connectivity index (χ4v) is 4.22. The van der Waals surface area contributed by atoms with Crippen molar-refractivity contribution >= 4 is 28.2 Å². The predicted octanol–water partition coefficient (Wildman–Crippen LogP) is 4.24. The van der Waals surface area contributed by atoms with Crippen LogP contribution in [-0.4, -0.2) is 18.5 Å². The van der Waals surface area contributed by atoms with Crippen molar-refractivity contribution in [2.24, 2.45) is 0 Å². The number of ether oxygens (including phenoxy) is 1. The summed E-state index contributed by atoms with van der Waals surface area (Å²) in [5.74, 6) is -0.743. The number of nitrogens with zero attached hydrogens (tertiary/aromatic N) is 1. The molecule has 6 heteroatoms. The summed E-state index contributed by atoms with van der Waals surface area (Å²) in [6.07, 6.45) is 4.38. The van der Waals surface area contributed by atoms with Crippen LogP contribution in [0.2, 0.25) is 0 Å². The standard InChI is InChI=1S/C20H20N2O3S/c1-3-25-20(24)17-12(2)16(11-21)19(26-17)22-18(23)15-9-8-13-6-4-5-7-14(13)10-15/h8-10H,3-7H2,1-2H3,(H,22,23). The second-order valence-corrected chi connectivity index (χ2v) is 7.26. The number of benzene rings is 1. The summed E-state index contributed by atoms with van der Waals surface area (Å²) in [5, 5.41) is 12.6. The van der Waals surface area contributed by atoms with Crippen molar-refractivity contribution in [3.63, 3.8) is 0 Å². The second-order valence-electron chi connectivity index (χ2n) is 6.24. The molecule has 0 bridgehead atoms. The Morgan fingerprint density at radius 1 is 1.27 bits per heavy atom. The number of rotatable bonds is 4. The summed E-state index contributed by atoms with van der Waals surface area (Å²) in [6.45, 7) is 3.68. The van der Waals surface area contributed by atoms with Crippen LogP contribution in [0.3, 0.4) is 0 Å². The monoisotopic (exact) mass is 368 g/mol. The average Bonchev–Trinajstić information content (AvgIpc) is 2.96. The molecule has 0 unspecified atom stereocenters. The van der Waals surface area contributed by atoms with Crippen LogP contribution in [0, 0.1) is 18.3 Å². The van der Waals surface area contributed by atoms with Gasteiger partial charge in [-0.1, -0.05) is 6.07 Å². The Morgan fingerprint density at radius 2 is 2.00 bits per heavy atom. The second kappa shape index (κ2) is 7.71. The molecule has 26 heavy (non-hydrogen) atoms. The van der Waals surface area contributed by atoms with Crippen molar-refractivity contribution in [1.82, 2.24) is 0 Å². The Hall–Kier alpha value is -2.65. The van der Waals surface area contributed by atoms with Crippen LogP contribution in [0.15, 0.2) is 18.2 Å². The summed E-state index contributed by atoms with van der Waals surface area (Å²) in [4.78, 5) is 25.0. The van der Waals surface area contributed by atoms with Crippen molar-refractivity contribution in [3.8, 4) is 6.07 Å². The number of esters is 1. The van der Waals surface area contributed by atoms with Crippen LogP contribution in [0.25, 0.3) is 0 Å². The van der Waals surface area contributed by atoms with Crippen molar-refractivity contribution < 1.29 is 14.3 Å². The van der Waals surface area contributed by atoms with Crippen molar-refractivity contribution in [1.29, 1.82) is 5.26 Å². The third-order valence-electron chi connectivity index (χ3n) is 4.56. The van der Waals surface area contributed by atoms with Gasteiger partial charge in [0, 0.05) is 5.56 Å². The van der Waals surface area contributed by atoms with E-state index >= 15 is 0 Å². The van der Waals surface area contributed by atoms with Gasteiger partial charge in [0.25, 0.3) is 5.91 Å². The van der Waals surface area contributed by atoms with E-state index in [-0.39, 0.29) is 12.5 Å². The molecule has 134 valence electrons. The fourth-order valence-electron chi connectivity index (χ4n) is 3.18. The molecule has 1 heterocycles. The first kappa shape index (κ1) is 18.2. The zero-order chi connectivity index (χ0) is 18.7. The molecule has 1 amide bonds. The van der Waals surface area contributed by atoms with Gasteiger partial charge in [0.15, 0.2) is 0 Å². The molecule has 0 spiro atoms. The third-order valence-corrected chi connectivity index (χ3v) is 5.74. The number of amides is 1. The van der Waals surface area contributed by atoms with Crippen LogP contribution >= 0.6 is 11.3 Å². The van der Waals surface area contributed by atoms with E-state index in [4.69, 9.17) is 4.74 Å². The Labute approximate surface area is 156 Å². The highest BCUT2D eigenvalue weighted by Gasteiger charge is 2.23. The lowest BCUT2D eigenvalue weighted by molar-refractivity contribution is 0.0531. The Balaban J connectivity index is 1.86. The molecule has 0 aliphatic heterocycles. The summed E-state index contributed by atoms with van der Waals surface area (Å²) in [7, 11) is 0. The molecule has 3 rings (SSSR count). The number of carbonyl (C=O) groups is 2. The van der Waals surface area contributed by atoms with Crippen LogP contribution < -0.4 is 5.32 Å². The maximum atomic E-state index is 12.7. The fraction of sp³-hybridized carbons (Fsp3) is 0.350. The highest BCUT2D eigenvalue weighted by atomic mass is 32.1. The van der Waals surface area contributed by atoms with Gasteiger partial charge in [-0.25, -0.2) is 4.79 Å². The Morgan fingerprint density at radius 3 is 2.69 bits per heavy atom. The van der Waals surface area contributed by atoms with Crippen LogP contribution in [-0.2, 0) is 17.6 Å². The molecule has 2 aromatic rings. The van der Waals surface area contributed by atoms with Gasteiger partial charge in [0.1, 0.15) is 15.9 Å². The van der Waals surface area contributed by atoms with Gasteiger partial charge in [0.2, 0.25) is 0 Å². The van der Waals surface area contributed by atoms with Crippen LogP contribution in [0.5, 0.6) is 0 Å². The van der Waals surface area contributed by atoms with Crippen LogP contribution in [0.4, 0.5) is 5.00 Å². The zero-order valence-electron chi connectivity index (χ0n) is 14.8. The minimum atomic E-state index is -0.472. The molecule has 1 aliphatic rings. The topological polar surface area (TPSA) is 79.2 Å². The molecule has 1 N–H and O–H groups in total. The molecule has 0 saturated carbocycles. The van der Waals surface area contributed by atoms with Crippen molar-refractivity contribution in [3.05, 3.63) is 50.9 Å². The number of anilines is 1. The summed E-state index contributed by atoms with van der Waals surface area (Å²) in [6, 6.07) is 7.84. The maximum absolute atomic E-state index is 12.7. The lowest BCUT2D eigenvalue weighted by Crippen LogP contribution is -2.13. The minimum absolute atomic E-state index is 0.259. The van der Waals surface area contributed by atoms with E-state index in [0.29, 0.717) is 26.6 Å². The van der Waals surface area contributed by atoms with Gasteiger partial charge in [-0.3, -0.25) is 4.79 Å². The van der Waals surface area contributed by atoms with Gasteiger partial charge < -0.3 is 10.1 Å². The van der Waals surface area contributed by atoms with Crippen LogP contribution in [0.1, 0.15) is 62.0 Å². The van der Waals surface area contributed by atoms with Gasteiger partial charge >= 0.3 is 5.97 Å². The number of fused-ring (bicyclic) bond motifs is 1. The number of aryl methyl sites for hydroxylation is 2. The van der Waals surface area contributed by atoms with E-state index in [0.717, 1.165) is 30.6 Å². The number of hydrogen-bond acceptors (Lipinski definition) is 5. The SMILES string of the molecule is CCOC(=O)c1sc(NC(=O)c2ccc3c(c2)CCCC3)c(C#N)c1C. The molecular formula is C20H20N2O3S. The van der Waals surface area contributed by atoms with Crippen molar-refractivity contribution in [2.75, 3.05) is 11.9 Å². The number of nitriles is 1. The zero-order valence-corrected chi connectivity index (χ0v) is 15.7. The number of thiophene rings is 1. The summed E-state index contributed by atoms with van der Waals surface area (Å²) < 4.78 is 5.02. The Kier molecular flexibility index (Phi) is 5.38. The lowest BCUT2D eigenvalue weighted by Gasteiger charge is -2.16. The number of carbonyl (C=O) groups excluding carboxylic acids is 2. The largest absolute Gasteiger partial charge is 0.462 e. The van der Waals surface area contributed by atoms with E-state index in [9.17, 15) is 14.9 Å². The summed E-state index contributed by atoms with van der Waals surface area (Å²) in [5.41, 5.74) is 3.94. The predicted molar refractivity (Wildman–Crippen MR) is 101 cm³/mol. The Bertz CT molecular complexity index is 909. The highest BCUT2D eigenvalue weighted by molar-refractivity contribution is 7.18. The van der Waals surface area contributed by atoms with E-state index < -0.39 is 5.97 Å². The number of nitrogens with one attached hydrogen (secondary N) is 1. The molecule has 0 saturated heterocycles. The van der Waals surface area contributed by atoms with E-state index in [1.807, 2.05) is 18.2 Å². The smallest absolute Gasteiger partial charge is 0.348 e. The van der Waals surface area contributed by atoms with Gasteiger partial charge in [-0.15, -0.1) is 11.3 Å². The lowest BCUT2D eigenvalue weighted by atomic mass is 9.90. The van der Waals surface area contributed by atoms with Gasteiger partial charge in [0.05, 0.1) is 12.2 Å². The average molecular weight is 368 g/mol. The van der Waals surface area contributed by atoms with Gasteiger partial charge in [-0.05, 0) is 68.4 Å². The number of hydrogen-bond donors (Lipinski definition) is 1. The maximum Gasteiger partial charge on any atom is 0.348 e.